The fourth-order valence-electron chi connectivity index (χ4n) is 0. The third-order valence-electron chi connectivity index (χ3n) is 0. The van der Waals surface area contributed by atoms with Crippen molar-refractivity contribution < 1.29 is 41.0 Å². The van der Waals surface area contributed by atoms with Crippen LogP contribution in [0.5, 0.6) is 0 Å². The molecule has 0 aromatic rings. The molecule has 7 heavy (non-hydrogen) atoms. The van der Waals surface area contributed by atoms with Crippen molar-refractivity contribution in [3.63, 3.8) is 0 Å². The molecule has 0 spiro atoms. The zero-order valence-corrected chi connectivity index (χ0v) is 8.15. The van der Waals surface area contributed by atoms with E-state index in [1.54, 1.807) is 0 Å². The first-order valence-corrected chi connectivity index (χ1v) is 2.35. The van der Waals surface area contributed by atoms with Gasteiger partial charge in [-0.15, -0.1) is 0 Å². The molecule has 0 amide bonds. The topological polar surface area (TPSA) is 77.8 Å². The predicted molar refractivity (Wildman–Crippen MR) is 20.0 cm³/mol. The van der Waals surface area contributed by atoms with E-state index in [4.69, 9.17) is 19.2 Å². The van der Waals surface area contributed by atoms with Gasteiger partial charge >= 0.3 is 7.82 Å². The Bertz CT molecular complexity index is 57.8. The maximum absolute atomic E-state index is 8.88. The average Bonchev–Trinajstić information content (AvgIpc) is 0.722. The number of hydrogen-bond donors (Lipinski definition) is 3. The summed E-state index contributed by atoms with van der Waals surface area (Å²) < 4.78 is 8.88. The monoisotopic (exact) mass is 169 g/mol. The summed E-state index contributed by atoms with van der Waals surface area (Å²) in [5, 5.41) is 0. The maximum atomic E-state index is 8.88. The van der Waals surface area contributed by atoms with E-state index in [1.807, 2.05) is 0 Å². The first kappa shape index (κ1) is 15.9. The van der Waals surface area contributed by atoms with Gasteiger partial charge in [-0.1, -0.05) is 0 Å². The summed E-state index contributed by atoms with van der Waals surface area (Å²) >= 11 is 0. The Labute approximate surface area is 77.7 Å². The standard InChI is InChI=1S/Na.H3O4P.Ti/c;1-5(2,3)4;/h;(H3,1,2,3,4);. The van der Waals surface area contributed by atoms with Gasteiger partial charge < -0.3 is 14.7 Å². The summed E-state index contributed by atoms with van der Waals surface area (Å²) in [5.41, 5.74) is 0. The molecule has 0 unspecified atom stereocenters. The van der Waals surface area contributed by atoms with Gasteiger partial charge in [-0.25, -0.2) is 4.57 Å². The second kappa shape index (κ2) is 5.95. The van der Waals surface area contributed by atoms with E-state index in [-0.39, 0.29) is 51.3 Å². The van der Waals surface area contributed by atoms with Gasteiger partial charge in [0.25, 0.3) is 0 Å². The largest absolute Gasteiger partial charge is 0.466 e. The van der Waals surface area contributed by atoms with Crippen molar-refractivity contribution >= 4 is 37.4 Å². The van der Waals surface area contributed by atoms with Crippen LogP contribution in [0.15, 0.2) is 0 Å². The smallest absolute Gasteiger partial charge is 0.303 e. The number of hydrogen-bond acceptors (Lipinski definition) is 1. The van der Waals surface area contributed by atoms with Gasteiger partial charge in [-0.2, -0.15) is 0 Å². The molecule has 37 valence electrons. The molecule has 0 aliphatic carbocycles. The molecule has 0 saturated carbocycles. The van der Waals surface area contributed by atoms with E-state index in [2.05, 4.69) is 0 Å². The number of rotatable bonds is 0. The van der Waals surface area contributed by atoms with E-state index in [1.165, 1.54) is 0 Å². The molecule has 0 fully saturated rings. The molecule has 0 aromatic carbocycles. The second-order valence-electron chi connectivity index (χ2n) is 0.513. The Kier molecular flexibility index (Phi) is 13.5. The summed E-state index contributed by atoms with van der Waals surface area (Å²) in [6, 6.07) is 0. The summed E-state index contributed by atoms with van der Waals surface area (Å²) in [6.07, 6.45) is 0. The Balaban J connectivity index is -0.0000000800. The first-order chi connectivity index (χ1) is 2.00. The summed E-state index contributed by atoms with van der Waals surface area (Å²) in [5.74, 6) is 0. The minimum absolute atomic E-state index is 0. The molecule has 3 N–H and O–H groups in total. The van der Waals surface area contributed by atoms with Crippen LogP contribution in [0.3, 0.4) is 0 Å². The Hall–Kier alpha value is 1.82. The van der Waals surface area contributed by atoms with Crippen molar-refractivity contribution in [2.75, 3.05) is 0 Å². The van der Waals surface area contributed by atoms with Crippen molar-refractivity contribution in [1.29, 1.82) is 0 Å². The van der Waals surface area contributed by atoms with Crippen LogP contribution >= 0.6 is 7.82 Å². The Morgan fingerprint density at radius 2 is 1.14 bits per heavy atom. The second-order valence-corrected chi connectivity index (χ2v) is 1.54. The summed E-state index contributed by atoms with van der Waals surface area (Å²) in [4.78, 5) is 21.6. The van der Waals surface area contributed by atoms with Gasteiger partial charge in [0.1, 0.15) is 0 Å². The molecule has 0 aromatic heterocycles. The molecular formula is H3NaO4PTi. The van der Waals surface area contributed by atoms with Crippen LogP contribution in [0.1, 0.15) is 0 Å². The Morgan fingerprint density at radius 3 is 1.14 bits per heavy atom. The van der Waals surface area contributed by atoms with Crippen molar-refractivity contribution in [3.05, 3.63) is 0 Å². The third-order valence-corrected chi connectivity index (χ3v) is 0. The normalized spacial score (nSPS) is 8.43. The molecule has 0 saturated heterocycles. The quantitative estimate of drug-likeness (QED) is 0.310. The third kappa shape index (κ3) is 79.8. The van der Waals surface area contributed by atoms with Gasteiger partial charge in [-0.3, -0.25) is 0 Å². The number of phosphoric acid groups is 1. The van der Waals surface area contributed by atoms with Crippen LogP contribution < -0.4 is 0 Å². The van der Waals surface area contributed by atoms with Crippen molar-refractivity contribution in [2.24, 2.45) is 0 Å². The molecule has 4 nitrogen and oxygen atoms in total. The van der Waals surface area contributed by atoms with Crippen LogP contribution in [-0.4, -0.2) is 44.2 Å². The zero-order chi connectivity index (χ0) is 4.50. The van der Waals surface area contributed by atoms with Crippen LogP contribution in [0.25, 0.3) is 0 Å². The van der Waals surface area contributed by atoms with E-state index >= 15 is 0 Å². The Morgan fingerprint density at radius 1 is 1.14 bits per heavy atom. The van der Waals surface area contributed by atoms with Gasteiger partial charge in [0, 0.05) is 51.3 Å². The van der Waals surface area contributed by atoms with Crippen molar-refractivity contribution in [3.8, 4) is 0 Å². The first-order valence-electron chi connectivity index (χ1n) is 0.783. The van der Waals surface area contributed by atoms with Crippen molar-refractivity contribution in [1.82, 2.24) is 0 Å². The maximum Gasteiger partial charge on any atom is 0.466 e. The van der Waals surface area contributed by atoms with Gasteiger partial charge in [-0.05, 0) is 0 Å². The van der Waals surface area contributed by atoms with Crippen LogP contribution in [0.4, 0.5) is 0 Å². The van der Waals surface area contributed by atoms with Crippen LogP contribution in [0.2, 0.25) is 0 Å². The molecule has 7 heteroatoms. The molecule has 0 rings (SSSR count). The average molecular weight is 169 g/mol. The zero-order valence-electron chi connectivity index (χ0n) is 3.70. The van der Waals surface area contributed by atoms with Crippen LogP contribution in [0, 0.1) is 0 Å². The molecule has 0 aliphatic heterocycles. The SMILES string of the molecule is O=P(O)(O)O.[Na].[Ti]. The fraction of sp³-hybridized carbons (Fsp3) is 0. The van der Waals surface area contributed by atoms with Gasteiger partial charge in [0.15, 0.2) is 0 Å². The summed E-state index contributed by atoms with van der Waals surface area (Å²) in [7, 11) is -4.64. The van der Waals surface area contributed by atoms with E-state index in [0.717, 1.165) is 0 Å². The van der Waals surface area contributed by atoms with Gasteiger partial charge in [0.05, 0.1) is 0 Å². The molecule has 0 atom stereocenters. The molecular weight excluding hydrogens is 166 g/mol. The molecule has 0 aliphatic rings. The van der Waals surface area contributed by atoms with Crippen LogP contribution in [-0.2, 0) is 26.3 Å². The predicted octanol–water partition coefficient (Wildman–Crippen LogP) is -1.31. The molecule has 1 radical (unpaired) electrons. The van der Waals surface area contributed by atoms with E-state index < -0.39 is 7.82 Å². The van der Waals surface area contributed by atoms with E-state index in [9.17, 15) is 0 Å². The fourth-order valence-corrected chi connectivity index (χ4v) is 0. The van der Waals surface area contributed by atoms with E-state index in [0.29, 0.717) is 0 Å². The molecule has 0 bridgehead atoms. The summed E-state index contributed by atoms with van der Waals surface area (Å²) in [6.45, 7) is 0. The minimum atomic E-state index is -4.64. The minimum Gasteiger partial charge on any atom is -0.303 e. The van der Waals surface area contributed by atoms with Gasteiger partial charge in [0.2, 0.25) is 0 Å². The molecule has 0 heterocycles. The van der Waals surface area contributed by atoms with Crippen molar-refractivity contribution in [2.45, 2.75) is 0 Å².